The zero-order valence-corrected chi connectivity index (χ0v) is 12.6. The SMILES string of the molecule is O=C(O)CC1(Cc2nc3ccc(Cl)cc3[nH]2)CCCCC1. The Morgan fingerprint density at radius 1 is 1.33 bits per heavy atom. The van der Waals surface area contributed by atoms with Crippen molar-refractivity contribution in [2.75, 3.05) is 0 Å². The number of aromatic amines is 1. The molecule has 1 heterocycles. The quantitative estimate of drug-likeness (QED) is 0.890. The van der Waals surface area contributed by atoms with Crippen molar-refractivity contribution in [3.63, 3.8) is 0 Å². The van der Waals surface area contributed by atoms with E-state index in [0.29, 0.717) is 11.4 Å². The van der Waals surface area contributed by atoms with Crippen LogP contribution in [0.25, 0.3) is 11.0 Å². The van der Waals surface area contributed by atoms with Crippen LogP contribution in [0.15, 0.2) is 18.2 Å². The fourth-order valence-electron chi connectivity index (χ4n) is 3.51. The molecule has 0 saturated heterocycles. The Morgan fingerprint density at radius 3 is 2.81 bits per heavy atom. The Balaban J connectivity index is 1.88. The summed E-state index contributed by atoms with van der Waals surface area (Å²) in [6, 6.07) is 5.57. The lowest BCUT2D eigenvalue weighted by molar-refractivity contribution is -0.140. The van der Waals surface area contributed by atoms with Crippen LogP contribution < -0.4 is 0 Å². The van der Waals surface area contributed by atoms with Gasteiger partial charge in [0.15, 0.2) is 0 Å². The number of aromatic nitrogens is 2. The average Bonchev–Trinajstić information content (AvgIpc) is 2.79. The highest BCUT2D eigenvalue weighted by atomic mass is 35.5. The number of nitrogens with one attached hydrogen (secondary N) is 1. The van der Waals surface area contributed by atoms with E-state index in [-0.39, 0.29) is 11.8 Å². The lowest BCUT2D eigenvalue weighted by Crippen LogP contribution is -2.30. The minimum atomic E-state index is -0.712. The van der Waals surface area contributed by atoms with Crippen molar-refractivity contribution in [3.05, 3.63) is 29.0 Å². The molecule has 1 fully saturated rings. The van der Waals surface area contributed by atoms with Gasteiger partial charge < -0.3 is 10.1 Å². The van der Waals surface area contributed by atoms with Crippen LogP contribution >= 0.6 is 11.6 Å². The number of H-pyrrole nitrogens is 1. The second-order valence-electron chi connectivity index (χ2n) is 6.15. The molecule has 1 aromatic heterocycles. The number of aliphatic carboxylic acids is 1. The molecule has 21 heavy (non-hydrogen) atoms. The van der Waals surface area contributed by atoms with Crippen LogP contribution in [0.1, 0.15) is 44.3 Å². The van der Waals surface area contributed by atoms with E-state index in [1.54, 1.807) is 0 Å². The Hall–Kier alpha value is -1.55. The third-order valence-electron chi connectivity index (χ3n) is 4.48. The standard InChI is InChI=1S/C16H19ClN2O2/c17-11-4-5-12-13(8-11)19-14(18-12)9-16(10-15(20)21)6-2-1-3-7-16/h4-5,8H,1-3,6-7,9-10H2,(H,18,19)(H,20,21). The van der Waals surface area contributed by atoms with Gasteiger partial charge >= 0.3 is 5.97 Å². The summed E-state index contributed by atoms with van der Waals surface area (Å²) in [5.41, 5.74) is 1.65. The number of carboxylic acids is 1. The number of imidazole rings is 1. The Bertz CT molecular complexity index is 659. The molecule has 2 aromatic rings. The molecule has 0 unspecified atom stereocenters. The Labute approximate surface area is 128 Å². The zero-order chi connectivity index (χ0) is 14.9. The van der Waals surface area contributed by atoms with E-state index in [4.69, 9.17) is 11.6 Å². The summed E-state index contributed by atoms with van der Waals surface area (Å²) in [5, 5.41) is 9.91. The number of carbonyl (C=O) groups is 1. The fraction of sp³-hybridized carbons (Fsp3) is 0.500. The third kappa shape index (κ3) is 3.21. The zero-order valence-electron chi connectivity index (χ0n) is 11.9. The first-order chi connectivity index (χ1) is 10.1. The number of nitrogens with zero attached hydrogens (tertiary/aromatic N) is 1. The normalized spacial score (nSPS) is 18.0. The number of fused-ring (bicyclic) bond motifs is 1. The molecule has 0 radical (unpaired) electrons. The monoisotopic (exact) mass is 306 g/mol. The van der Waals surface area contributed by atoms with E-state index >= 15 is 0 Å². The van der Waals surface area contributed by atoms with Crippen molar-refractivity contribution in [2.45, 2.75) is 44.9 Å². The number of benzene rings is 1. The van der Waals surface area contributed by atoms with Crippen LogP contribution in [0.5, 0.6) is 0 Å². The molecule has 0 atom stereocenters. The van der Waals surface area contributed by atoms with Gasteiger partial charge in [-0.1, -0.05) is 30.9 Å². The lowest BCUT2D eigenvalue weighted by Gasteiger charge is -2.35. The molecule has 2 N–H and O–H groups in total. The van der Waals surface area contributed by atoms with E-state index in [9.17, 15) is 9.90 Å². The van der Waals surface area contributed by atoms with Crippen molar-refractivity contribution in [1.29, 1.82) is 0 Å². The predicted octanol–water partition coefficient (Wildman–Crippen LogP) is 4.18. The van der Waals surface area contributed by atoms with Gasteiger partial charge in [-0.2, -0.15) is 0 Å². The van der Waals surface area contributed by atoms with Gasteiger partial charge in [-0.15, -0.1) is 0 Å². The van der Waals surface area contributed by atoms with Gasteiger partial charge in [0.25, 0.3) is 0 Å². The molecule has 3 rings (SSSR count). The topological polar surface area (TPSA) is 66.0 Å². The molecule has 0 aliphatic heterocycles. The summed E-state index contributed by atoms with van der Waals surface area (Å²) in [5.74, 6) is 0.159. The van der Waals surface area contributed by atoms with Crippen molar-refractivity contribution in [3.8, 4) is 0 Å². The number of hydrogen-bond acceptors (Lipinski definition) is 2. The van der Waals surface area contributed by atoms with Crippen molar-refractivity contribution >= 4 is 28.6 Å². The first-order valence-corrected chi connectivity index (χ1v) is 7.80. The van der Waals surface area contributed by atoms with Crippen LogP contribution in [-0.4, -0.2) is 21.0 Å². The maximum atomic E-state index is 11.2. The average molecular weight is 307 g/mol. The van der Waals surface area contributed by atoms with E-state index in [1.165, 1.54) is 6.42 Å². The summed E-state index contributed by atoms with van der Waals surface area (Å²) < 4.78 is 0. The molecule has 112 valence electrons. The lowest BCUT2D eigenvalue weighted by atomic mass is 9.69. The largest absolute Gasteiger partial charge is 0.481 e. The van der Waals surface area contributed by atoms with Crippen LogP contribution in [0.3, 0.4) is 0 Å². The van der Waals surface area contributed by atoms with Gasteiger partial charge in [0, 0.05) is 11.4 Å². The highest BCUT2D eigenvalue weighted by Crippen LogP contribution is 2.42. The maximum absolute atomic E-state index is 11.2. The molecule has 0 amide bonds. The molecule has 1 aliphatic rings. The molecule has 1 saturated carbocycles. The highest BCUT2D eigenvalue weighted by molar-refractivity contribution is 6.31. The molecule has 0 bridgehead atoms. The van der Waals surface area contributed by atoms with Gasteiger partial charge in [0.05, 0.1) is 17.5 Å². The molecule has 5 heteroatoms. The number of rotatable bonds is 4. The summed E-state index contributed by atoms with van der Waals surface area (Å²) in [7, 11) is 0. The van der Waals surface area contributed by atoms with Crippen molar-refractivity contribution in [1.82, 2.24) is 9.97 Å². The van der Waals surface area contributed by atoms with E-state index in [0.717, 1.165) is 42.5 Å². The van der Waals surface area contributed by atoms with Crippen LogP contribution in [0.4, 0.5) is 0 Å². The Kier molecular flexibility index (Phi) is 3.89. The van der Waals surface area contributed by atoms with Crippen molar-refractivity contribution < 1.29 is 9.90 Å². The van der Waals surface area contributed by atoms with E-state index in [1.807, 2.05) is 18.2 Å². The minimum absolute atomic E-state index is 0.151. The third-order valence-corrected chi connectivity index (χ3v) is 4.71. The van der Waals surface area contributed by atoms with Gasteiger partial charge in [0.1, 0.15) is 5.82 Å². The fourth-order valence-corrected chi connectivity index (χ4v) is 3.68. The Morgan fingerprint density at radius 2 is 2.10 bits per heavy atom. The van der Waals surface area contributed by atoms with E-state index < -0.39 is 5.97 Å². The van der Waals surface area contributed by atoms with Gasteiger partial charge in [-0.25, -0.2) is 4.98 Å². The first-order valence-electron chi connectivity index (χ1n) is 7.42. The second kappa shape index (κ2) is 5.68. The summed E-state index contributed by atoms with van der Waals surface area (Å²) in [4.78, 5) is 19.1. The number of carboxylic acid groups (broad SMARTS) is 1. The van der Waals surface area contributed by atoms with E-state index in [2.05, 4.69) is 9.97 Å². The van der Waals surface area contributed by atoms with Gasteiger partial charge in [-0.3, -0.25) is 4.79 Å². The highest BCUT2D eigenvalue weighted by Gasteiger charge is 2.35. The minimum Gasteiger partial charge on any atom is -0.481 e. The van der Waals surface area contributed by atoms with Crippen molar-refractivity contribution in [2.24, 2.45) is 5.41 Å². The molecular weight excluding hydrogens is 288 g/mol. The second-order valence-corrected chi connectivity index (χ2v) is 6.59. The molecule has 1 aliphatic carbocycles. The number of hydrogen-bond donors (Lipinski definition) is 2. The summed E-state index contributed by atoms with van der Waals surface area (Å²) >= 11 is 5.99. The molecule has 0 spiro atoms. The molecule has 4 nitrogen and oxygen atoms in total. The van der Waals surface area contributed by atoms with Crippen LogP contribution in [-0.2, 0) is 11.2 Å². The van der Waals surface area contributed by atoms with Crippen LogP contribution in [0, 0.1) is 5.41 Å². The maximum Gasteiger partial charge on any atom is 0.303 e. The number of halogens is 1. The first kappa shape index (κ1) is 14.4. The van der Waals surface area contributed by atoms with Gasteiger partial charge in [0.2, 0.25) is 0 Å². The smallest absolute Gasteiger partial charge is 0.303 e. The van der Waals surface area contributed by atoms with Crippen LogP contribution in [0.2, 0.25) is 5.02 Å². The molecule has 1 aromatic carbocycles. The summed E-state index contributed by atoms with van der Waals surface area (Å²) in [6.45, 7) is 0. The predicted molar refractivity (Wildman–Crippen MR) is 82.6 cm³/mol. The van der Waals surface area contributed by atoms with Gasteiger partial charge in [-0.05, 0) is 36.5 Å². The summed E-state index contributed by atoms with van der Waals surface area (Å²) in [6.07, 6.45) is 6.29. The molecular formula is C16H19ClN2O2.